The molecule has 0 radical (unpaired) electrons. The van der Waals surface area contributed by atoms with Crippen molar-refractivity contribution in [2.45, 2.75) is 12.2 Å². The van der Waals surface area contributed by atoms with Gasteiger partial charge in [-0.2, -0.15) is 25.8 Å². The van der Waals surface area contributed by atoms with Gasteiger partial charge >= 0.3 is 18.1 Å². The van der Waals surface area contributed by atoms with Crippen LogP contribution in [0.1, 0.15) is 0 Å². The first-order valence-corrected chi connectivity index (χ1v) is 4.79. The number of carbonyl (C=O) groups excluding carboxylic acids is 2. The lowest BCUT2D eigenvalue weighted by atomic mass is 10.3. The van der Waals surface area contributed by atoms with Crippen molar-refractivity contribution in [2.24, 2.45) is 0 Å². The maximum absolute atomic E-state index is 11.9. The molecule has 2 amide bonds. The summed E-state index contributed by atoms with van der Waals surface area (Å²) in [5.74, 6) is -5.10. The molecule has 0 unspecified atom stereocenters. The summed E-state index contributed by atoms with van der Waals surface area (Å²) in [6.07, 6.45) is -5.12. The molecule has 0 fully saturated rings. The second-order valence-electron chi connectivity index (χ2n) is 2.82. The molecule has 0 rings (SSSR count). The van der Waals surface area contributed by atoms with E-state index >= 15 is 0 Å². The van der Waals surface area contributed by atoms with Crippen LogP contribution in [0.3, 0.4) is 0 Å². The standard InChI is InChI=1S/C7H9F3N2O4S/c8-7(9,10)6(16)12-3(2-17)5(15)11-1-4(13)14/h3,17H,1-2H2,(H,11,15)(H,12,16)(H,13,14)/t3-/m0/s1. The van der Waals surface area contributed by atoms with Crippen LogP contribution in [0.25, 0.3) is 0 Å². The Labute approximate surface area is 99.0 Å². The molecule has 0 aliphatic carbocycles. The highest BCUT2D eigenvalue weighted by molar-refractivity contribution is 7.80. The fourth-order valence-corrected chi connectivity index (χ4v) is 0.977. The number of aliphatic carboxylic acids is 1. The highest BCUT2D eigenvalue weighted by atomic mass is 32.1. The van der Waals surface area contributed by atoms with Crippen LogP contribution in [-0.2, 0) is 14.4 Å². The number of carboxylic acid groups (broad SMARTS) is 1. The van der Waals surface area contributed by atoms with Gasteiger partial charge in [-0.25, -0.2) is 0 Å². The molecule has 0 aromatic rings. The number of thiol groups is 1. The first-order valence-electron chi connectivity index (χ1n) is 4.16. The van der Waals surface area contributed by atoms with E-state index in [0.717, 1.165) is 0 Å². The maximum atomic E-state index is 11.9. The lowest BCUT2D eigenvalue weighted by molar-refractivity contribution is -0.174. The number of amides is 2. The number of alkyl halides is 3. The van der Waals surface area contributed by atoms with Gasteiger partial charge in [-0.15, -0.1) is 0 Å². The Morgan fingerprint density at radius 1 is 1.29 bits per heavy atom. The number of carboxylic acids is 1. The smallest absolute Gasteiger partial charge is 0.471 e. The lowest BCUT2D eigenvalue weighted by Crippen LogP contribution is -2.52. The highest BCUT2D eigenvalue weighted by Crippen LogP contribution is 2.14. The van der Waals surface area contributed by atoms with E-state index in [9.17, 15) is 27.6 Å². The van der Waals surface area contributed by atoms with Crippen molar-refractivity contribution < 1.29 is 32.7 Å². The monoisotopic (exact) mass is 274 g/mol. The Morgan fingerprint density at radius 2 is 1.82 bits per heavy atom. The minimum atomic E-state index is -5.12. The van der Waals surface area contributed by atoms with E-state index < -0.39 is 42.3 Å². The predicted octanol–water partition coefficient (Wildman–Crippen LogP) is -0.836. The van der Waals surface area contributed by atoms with Gasteiger partial charge in [-0.05, 0) is 0 Å². The van der Waals surface area contributed by atoms with Gasteiger partial charge < -0.3 is 15.7 Å². The van der Waals surface area contributed by atoms with Crippen LogP contribution in [0.4, 0.5) is 13.2 Å². The fourth-order valence-electron chi connectivity index (χ4n) is 0.720. The van der Waals surface area contributed by atoms with E-state index in [2.05, 4.69) is 12.6 Å². The summed E-state index contributed by atoms with van der Waals surface area (Å²) in [6.45, 7) is -0.759. The van der Waals surface area contributed by atoms with Gasteiger partial charge in [0.15, 0.2) is 0 Å². The van der Waals surface area contributed by atoms with E-state index in [1.165, 1.54) is 5.32 Å². The van der Waals surface area contributed by atoms with Crippen molar-refractivity contribution in [3.05, 3.63) is 0 Å². The minimum Gasteiger partial charge on any atom is -0.480 e. The zero-order valence-electron chi connectivity index (χ0n) is 8.24. The summed E-state index contributed by atoms with van der Waals surface area (Å²) in [4.78, 5) is 31.7. The van der Waals surface area contributed by atoms with E-state index in [4.69, 9.17) is 5.11 Å². The van der Waals surface area contributed by atoms with E-state index in [1.54, 1.807) is 0 Å². The van der Waals surface area contributed by atoms with Gasteiger partial charge in [0.2, 0.25) is 5.91 Å². The number of rotatable bonds is 5. The summed E-state index contributed by atoms with van der Waals surface area (Å²) in [5, 5.41) is 11.4. The van der Waals surface area contributed by atoms with Crippen LogP contribution in [-0.4, -0.2) is 47.4 Å². The highest BCUT2D eigenvalue weighted by Gasteiger charge is 2.40. The molecule has 0 aromatic heterocycles. The number of hydrogen-bond donors (Lipinski definition) is 4. The Morgan fingerprint density at radius 3 is 2.18 bits per heavy atom. The Balaban J connectivity index is 4.38. The molecule has 0 heterocycles. The average molecular weight is 274 g/mol. The molecule has 0 saturated heterocycles. The van der Waals surface area contributed by atoms with Crippen molar-refractivity contribution in [1.29, 1.82) is 0 Å². The molecule has 0 spiro atoms. The second-order valence-corrected chi connectivity index (χ2v) is 3.18. The summed E-state index contributed by atoms with van der Waals surface area (Å²) >= 11 is 3.58. The molecule has 1 atom stereocenters. The molecule has 0 aromatic carbocycles. The third kappa shape index (κ3) is 6.00. The second kappa shape index (κ2) is 6.33. The summed E-state index contributed by atoms with van der Waals surface area (Å²) < 4.78 is 35.6. The molecular formula is C7H9F3N2O4S. The van der Waals surface area contributed by atoms with Crippen LogP contribution >= 0.6 is 12.6 Å². The van der Waals surface area contributed by atoms with Gasteiger partial charge in [-0.1, -0.05) is 0 Å². The van der Waals surface area contributed by atoms with Crippen LogP contribution < -0.4 is 10.6 Å². The van der Waals surface area contributed by atoms with Crippen LogP contribution in [0.15, 0.2) is 0 Å². The van der Waals surface area contributed by atoms with Crippen molar-refractivity contribution in [3.63, 3.8) is 0 Å². The SMILES string of the molecule is O=C(O)CNC(=O)[C@H](CS)NC(=O)C(F)(F)F. The summed E-state index contributed by atoms with van der Waals surface area (Å²) in [6, 6.07) is -1.55. The number of hydrogen-bond acceptors (Lipinski definition) is 4. The summed E-state index contributed by atoms with van der Waals surface area (Å²) in [7, 11) is 0. The molecule has 0 bridgehead atoms. The molecule has 0 aliphatic rings. The number of nitrogens with one attached hydrogen (secondary N) is 2. The third-order valence-corrected chi connectivity index (χ3v) is 1.84. The van der Waals surface area contributed by atoms with Crippen molar-refractivity contribution in [3.8, 4) is 0 Å². The minimum absolute atomic E-state index is 0.396. The average Bonchev–Trinajstić information content (AvgIpc) is 2.20. The zero-order chi connectivity index (χ0) is 13.6. The molecule has 0 aliphatic heterocycles. The first-order chi connectivity index (χ1) is 7.68. The van der Waals surface area contributed by atoms with E-state index in [-0.39, 0.29) is 0 Å². The van der Waals surface area contributed by atoms with E-state index in [1.807, 2.05) is 5.32 Å². The van der Waals surface area contributed by atoms with Crippen molar-refractivity contribution in [2.75, 3.05) is 12.3 Å². The fraction of sp³-hybridized carbons (Fsp3) is 0.571. The molecular weight excluding hydrogens is 265 g/mol. The van der Waals surface area contributed by atoms with Gasteiger partial charge in [0.05, 0.1) is 0 Å². The lowest BCUT2D eigenvalue weighted by Gasteiger charge is -2.16. The molecule has 3 N–H and O–H groups in total. The number of carbonyl (C=O) groups is 3. The zero-order valence-corrected chi connectivity index (χ0v) is 9.14. The largest absolute Gasteiger partial charge is 0.480 e. The Kier molecular flexibility index (Phi) is 5.79. The van der Waals surface area contributed by atoms with Crippen molar-refractivity contribution >= 4 is 30.4 Å². The number of halogens is 3. The van der Waals surface area contributed by atoms with Crippen molar-refractivity contribution in [1.82, 2.24) is 10.6 Å². The van der Waals surface area contributed by atoms with Crippen LogP contribution in [0.2, 0.25) is 0 Å². The molecule has 6 nitrogen and oxygen atoms in total. The van der Waals surface area contributed by atoms with Crippen LogP contribution in [0.5, 0.6) is 0 Å². The maximum Gasteiger partial charge on any atom is 0.471 e. The van der Waals surface area contributed by atoms with Gasteiger partial charge in [-0.3, -0.25) is 14.4 Å². The topological polar surface area (TPSA) is 95.5 Å². The van der Waals surface area contributed by atoms with Gasteiger partial charge in [0.1, 0.15) is 12.6 Å². The van der Waals surface area contributed by atoms with Gasteiger partial charge in [0.25, 0.3) is 0 Å². The predicted molar refractivity (Wildman–Crippen MR) is 52.5 cm³/mol. The molecule has 98 valence electrons. The van der Waals surface area contributed by atoms with Crippen LogP contribution in [0, 0.1) is 0 Å². The molecule has 17 heavy (non-hydrogen) atoms. The Hall–Kier alpha value is -1.45. The molecule has 0 saturated carbocycles. The third-order valence-electron chi connectivity index (χ3n) is 1.48. The normalized spacial score (nSPS) is 12.7. The molecule has 10 heteroatoms. The first kappa shape index (κ1) is 15.6. The summed E-state index contributed by atoms with van der Waals surface area (Å²) in [5.41, 5.74) is 0. The van der Waals surface area contributed by atoms with E-state index in [0.29, 0.717) is 0 Å². The quantitative estimate of drug-likeness (QED) is 0.492. The van der Waals surface area contributed by atoms with Gasteiger partial charge in [0, 0.05) is 5.75 Å². The Bertz CT molecular complexity index is 321.